The van der Waals surface area contributed by atoms with Crippen molar-refractivity contribution < 1.29 is 4.79 Å². The molecule has 1 fully saturated rings. The minimum absolute atomic E-state index is 0.183. The highest BCUT2D eigenvalue weighted by molar-refractivity contribution is 9.10. The van der Waals surface area contributed by atoms with E-state index in [-0.39, 0.29) is 5.92 Å². The van der Waals surface area contributed by atoms with Crippen molar-refractivity contribution in [3.63, 3.8) is 0 Å². The highest BCUT2D eigenvalue weighted by Gasteiger charge is 2.24. The van der Waals surface area contributed by atoms with Crippen molar-refractivity contribution >= 4 is 21.7 Å². The molecule has 1 atom stereocenters. The predicted octanol–water partition coefficient (Wildman–Crippen LogP) is 1.21. The molecule has 1 aliphatic rings. The summed E-state index contributed by atoms with van der Waals surface area (Å²) in [6.45, 7) is 3.73. The van der Waals surface area contributed by atoms with Gasteiger partial charge in [0.25, 0.3) is 0 Å². The summed E-state index contributed by atoms with van der Waals surface area (Å²) in [4.78, 5) is 12.0. The van der Waals surface area contributed by atoms with Crippen molar-refractivity contribution in [1.29, 1.82) is 0 Å². The Balaban J connectivity index is 2.11. The number of carbonyl (C=O) groups is 1. The summed E-state index contributed by atoms with van der Waals surface area (Å²) in [6.07, 6.45) is 1.44. The molecular weight excluding hydrogens is 270 g/mol. The molecule has 5 heteroatoms. The van der Waals surface area contributed by atoms with Gasteiger partial charge < -0.3 is 5.32 Å². The third-order valence-corrected chi connectivity index (χ3v) is 4.15. The second-order valence-electron chi connectivity index (χ2n) is 4.30. The predicted molar refractivity (Wildman–Crippen MR) is 65.3 cm³/mol. The number of nitrogens with zero attached hydrogens (tertiary/aromatic N) is 2. The first kappa shape index (κ1) is 11.8. The Morgan fingerprint density at radius 3 is 2.94 bits per heavy atom. The summed E-state index contributed by atoms with van der Waals surface area (Å²) in [7, 11) is 1.88. The quantitative estimate of drug-likeness (QED) is 0.908. The first-order valence-electron chi connectivity index (χ1n) is 5.51. The molecule has 0 spiro atoms. The molecule has 16 heavy (non-hydrogen) atoms. The summed E-state index contributed by atoms with van der Waals surface area (Å²) in [5, 5.41) is 7.51. The van der Waals surface area contributed by atoms with Crippen molar-refractivity contribution in [1.82, 2.24) is 15.1 Å². The zero-order chi connectivity index (χ0) is 11.7. The van der Waals surface area contributed by atoms with Crippen LogP contribution in [0, 0.1) is 12.8 Å². The number of aromatic nitrogens is 2. The lowest BCUT2D eigenvalue weighted by Gasteiger charge is -2.07. The fourth-order valence-corrected chi connectivity index (χ4v) is 2.59. The molecule has 1 aromatic heterocycles. The second-order valence-corrected chi connectivity index (χ2v) is 5.10. The normalized spacial score (nSPS) is 20.3. The van der Waals surface area contributed by atoms with Gasteiger partial charge in [-0.15, -0.1) is 0 Å². The molecule has 0 bridgehead atoms. The number of aryl methyl sites for hydroxylation is 2. The standard InChI is InChI=1S/C11H16BrN3O/c1-7-11(12)9(15(2)14-7)5-10(16)8-3-4-13-6-8/h8,13H,3-6H2,1-2H3. The number of hydrogen-bond donors (Lipinski definition) is 1. The van der Waals surface area contributed by atoms with E-state index in [0.717, 1.165) is 35.4 Å². The Bertz CT molecular complexity index is 408. The molecule has 1 aromatic rings. The average Bonchev–Trinajstić information content (AvgIpc) is 2.83. The maximum Gasteiger partial charge on any atom is 0.143 e. The van der Waals surface area contributed by atoms with E-state index in [4.69, 9.17) is 0 Å². The Morgan fingerprint density at radius 2 is 2.44 bits per heavy atom. The maximum atomic E-state index is 12.0. The largest absolute Gasteiger partial charge is 0.316 e. The third-order valence-electron chi connectivity index (χ3n) is 3.12. The summed E-state index contributed by atoms with van der Waals surface area (Å²) >= 11 is 3.49. The number of Topliss-reactive ketones (excluding diaryl/α,β-unsaturated/α-hetero) is 1. The lowest BCUT2D eigenvalue weighted by atomic mass is 9.99. The Morgan fingerprint density at radius 1 is 1.69 bits per heavy atom. The van der Waals surface area contributed by atoms with Crippen LogP contribution in [0.2, 0.25) is 0 Å². The molecule has 1 unspecified atom stereocenters. The van der Waals surface area contributed by atoms with Crippen LogP contribution in [0.4, 0.5) is 0 Å². The zero-order valence-electron chi connectivity index (χ0n) is 9.59. The van der Waals surface area contributed by atoms with Gasteiger partial charge in [0.2, 0.25) is 0 Å². The molecule has 1 saturated heterocycles. The van der Waals surface area contributed by atoms with Gasteiger partial charge in [-0.2, -0.15) is 5.10 Å². The van der Waals surface area contributed by atoms with Crippen molar-refractivity contribution in [3.05, 3.63) is 15.9 Å². The summed E-state index contributed by atoms with van der Waals surface area (Å²) in [6, 6.07) is 0. The summed E-state index contributed by atoms with van der Waals surface area (Å²) in [5.41, 5.74) is 1.92. The second kappa shape index (κ2) is 4.67. The third kappa shape index (κ3) is 2.20. The first-order chi connectivity index (χ1) is 7.59. The molecule has 0 radical (unpaired) electrons. The molecule has 2 heterocycles. The van der Waals surface area contributed by atoms with Crippen molar-refractivity contribution in [2.45, 2.75) is 19.8 Å². The van der Waals surface area contributed by atoms with Crippen LogP contribution < -0.4 is 5.32 Å². The lowest BCUT2D eigenvalue weighted by molar-refractivity contribution is -0.121. The van der Waals surface area contributed by atoms with Crippen LogP contribution in [-0.4, -0.2) is 28.7 Å². The number of nitrogens with one attached hydrogen (secondary N) is 1. The smallest absolute Gasteiger partial charge is 0.143 e. The van der Waals surface area contributed by atoms with Gasteiger partial charge in [0.05, 0.1) is 15.9 Å². The van der Waals surface area contributed by atoms with E-state index in [2.05, 4.69) is 26.3 Å². The van der Waals surface area contributed by atoms with E-state index in [9.17, 15) is 4.79 Å². The molecule has 0 aromatic carbocycles. The first-order valence-corrected chi connectivity index (χ1v) is 6.30. The van der Waals surface area contributed by atoms with Crippen LogP contribution in [0.1, 0.15) is 17.8 Å². The highest BCUT2D eigenvalue weighted by atomic mass is 79.9. The molecule has 0 aliphatic carbocycles. The van der Waals surface area contributed by atoms with E-state index >= 15 is 0 Å². The van der Waals surface area contributed by atoms with Crippen LogP contribution in [0.5, 0.6) is 0 Å². The number of hydrogen-bond acceptors (Lipinski definition) is 3. The van der Waals surface area contributed by atoms with Gasteiger partial charge in [-0.3, -0.25) is 9.48 Å². The van der Waals surface area contributed by atoms with Gasteiger partial charge in [0, 0.05) is 25.9 Å². The Hall–Kier alpha value is -0.680. The number of rotatable bonds is 3. The topological polar surface area (TPSA) is 46.9 Å². The molecule has 0 saturated carbocycles. The maximum absolute atomic E-state index is 12.0. The van der Waals surface area contributed by atoms with Crippen molar-refractivity contribution in [3.8, 4) is 0 Å². The van der Waals surface area contributed by atoms with Crippen LogP contribution in [0.3, 0.4) is 0 Å². The number of ketones is 1. The fraction of sp³-hybridized carbons (Fsp3) is 0.636. The number of halogens is 1. The van der Waals surface area contributed by atoms with E-state index in [1.807, 2.05) is 14.0 Å². The molecule has 88 valence electrons. The Labute approximate surface area is 104 Å². The summed E-state index contributed by atoms with van der Waals surface area (Å²) in [5.74, 6) is 0.496. The molecule has 1 N–H and O–H groups in total. The SMILES string of the molecule is Cc1nn(C)c(CC(=O)C2CCNC2)c1Br. The lowest BCUT2D eigenvalue weighted by Crippen LogP contribution is -2.20. The summed E-state index contributed by atoms with van der Waals surface area (Å²) < 4.78 is 2.76. The fourth-order valence-electron chi connectivity index (χ4n) is 2.11. The van der Waals surface area contributed by atoms with Gasteiger partial charge in [-0.1, -0.05) is 0 Å². The van der Waals surface area contributed by atoms with E-state index in [1.54, 1.807) is 4.68 Å². The van der Waals surface area contributed by atoms with Gasteiger partial charge >= 0.3 is 0 Å². The van der Waals surface area contributed by atoms with Crippen LogP contribution in [0.15, 0.2) is 4.47 Å². The molecule has 1 aliphatic heterocycles. The monoisotopic (exact) mass is 285 g/mol. The van der Waals surface area contributed by atoms with Crippen molar-refractivity contribution in [2.24, 2.45) is 13.0 Å². The molecule has 2 rings (SSSR count). The van der Waals surface area contributed by atoms with Gasteiger partial charge in [0.15, 0.2) is 0 Å². The Kier molecular flexibility index (Phi) is 3.44. The number of carbonyl (C=O) groups excluding carboxylic acids is 1. The highest BCUT2D eigenvalue weighted by Crippen LogP contribution is 2.22. The average molecular weight is 286 g/mol. The zero-order valence-corrected chi connectivity index (χ0v) is 11.2. The van der Waals surface area contributed by atoms with E-state index < -0.39 is 0 Å². The van der Waals surface area contributed by atoms with Crippen LogP contribution in [-0.2, 0) is 18.3 Å². The van der Waals surface area contributed by atoms with Gasteiger partial charge in [-0.05, 0) is 35.8 Å². The molecule has 4 nitrogen and oxygen atoms in total. The van der Waals surface area contributed by atoms with Gasteiger partial charge in [0.1, 0.15) is 5.78 Å². The van der Waals surface area contributed by atoms with Crippen LogP contribution >= 0.6 is 15.9 Å². The molecule has 0 amide bonds. The van der Waals surface area contributed by atoms with Crippen LogP contribution in [0.25, 0.3) is 0 Å². The minimum Gasteiger partial charge on any atom is -0.316 e. The van der Waals surface area contributed by atoms with E-state index in [1.165, 1.54) is 0 Å². The van der Waals surface area contributed by atoms with Crippen molar-refractivity contribution in [2.75, 3.05) is 13.1 Å². The molecular formula is C11H16BrN3O. The van der Waals surface area contributed by atoms with E-state index in [0.29, 0.717) is 12.2 Å². The minimum atomic E-state index is 0.183. The van der Waals surface area contributed by atoms with Gasteiger partial charge in [-0.25, -0.2) is 0 Å².